The molecule has 3 N–H and O–H groups in total. The molecule has 1 unspecified atom stereocenters. The third-order valence-electron chi connectivity index (χ3n) is 2.12. The molecule has 0 aliphatic heterocycles. The number of sulfonamides is 1. The number of rotatable bonds is 6. The van der Waals surface area contributed by atoms with Crippen LogP contribution in [-0.4, -0.2) is 37.2 Å². The average molecular weight is 294 g/mol. The molecule has 0 bridgehead atoms. The molecule has 1 atom stereocenters. The van der Waals surface area contributed by atoms with Crippen LogP contribution in [0.3, 0.4) is 0 Å². The number of nitrogens with one attached hydrogen (secondary N) is 1. The lowest BCUT2D eigenvalue weighted by atomic mass is 10.2. The summed E-state index contributed by atoms with van der Waals surface area (Å²) in [6, 6.07) is 4.08. The van der Waals surface area contributed by atoms with Crippen molar-refractivity contribution in [2.75, 3.05) is 6.61 Å². The largest absolute Gasteiger partial charge is 0.480 e. The molecule has 0 saturated carbocycles. The van der Waals surface area contributed by atoms with Gasteiger partial charge < -0.3 is 10.2 Å². The number of halogens is 1. The van der Waals surface area contributed by atoms with Crippen molar-refractivity contribution in [3.8, 4) is 0 Å². The van der Waals surface area contributed by atoms with E-state index in [9.17, 15) is 13.2 Å². The van der Waals surface area contributed by atoms with Gasteiger partial charge in [0.05, 0.1) is 4.90 Å². The Labute approximate surface area is 109 Å². The van der Waals surface area contributed by atoms with E-state index in [-0.39, 0.29) is 16.3 Å². The molecule has 1 aromatic carbocycles. The Bertz CT molecular complexity index is 531. The van der Waals surface area contributed by atoms with Gasteiger partial charge in [0.25, 0.3) is 0 Å². The summed E-state index contributed by atoms with van der Waals surface area (Å²) in [5.41, 5.74) is 0. The summed E-state index contributed by atoms with van der Waals surface area (Å²) in [5.74, 6) is -1.35. The quantitative estimate of drug-likeness (QED) is 0.707. The minimum Gasteiger partial charge on any atom is -0.480 e. The minimum atomic E-state index is -3.98. The smallest absolute Gasteiger partial charge is 0.321 e. The van der Waals surface area contributed by atoms with Crippen LogP contribution in [0, 0.1) is 0 Å². The van der Waals surface area contributed by atoms with E-state index < -0.39 is 28.6 Å². The van der Waals surface area contributed by atoms with Gasteiger partial charge in [-0.15, -0.1) is 0 Å². The number of hydrogen-bond donors (Lipinski definition) is 3. The number of hydrogen-bond acceptors (Lipinski definition) is 4. The van der Waals surface area contributed by atoms with Gasteiger partial charge in [0, 0.05) is 11.6 Å². The molecule has 1 aromatic rings. The molecule has 0 aromatic heterocycles. The van der Waals surface area contributed by atoms with Gasteiger partial charge in [-0.1, -0.05) is 17.7 Å². The van der Waals surface area contributed by atoms with Gasteiger partial charge in [-0.05, 0) is 24.6 Å². The fourth-order valence-electron chi connectivity index (χ4n) is 1.25. The Morgan fingerprint density at radius 1 is 1.44 bits per heavy atom. The highest BCUT2D eigenvalue weighted by molar-refractivity contribution is 7.89. The average Bonchev–Trinajstić information content (AvgIpc) is 2.28. The molecular formula is C10H12ClNO5S. The van der Waals surface area contributed by atoms with Gasteiger partial charge in [-0.3, -0.25) is 4.79 Å². The van der Waals surface area contributed by atoms with E-state index in [4.69, 9.17) is 21.8 Å². The van der Waals surface area contributed by atoms with Crippen molar-refractivity contribution in [3.63, 3.8) is 0 Å². The van der Waals surface area contributed by atoms with E-state index in [0.717, 1.165) is 0 Å². The van der Waals surface area contributed by atoms with Crippen LogP contribution in [0.25, 0.3) is 0 Å². The summed E-state index contributed by atoms with van der Waals surface area (Å²) in [6.45, 7) is -0.435. The van der Waals surface area contributed by atoms with Crippen molar-refractivity contribution in [2.45, 2.75) is 17.4 Å². The van der Waals surface area contributed by atoms with Crippen LogP contribution >= 0.6 is 11.6 Å². The second-order valence-electron chi connectivity index (χ2n) is 3.48. The summed E-state index contributed by atoms with van der Waals surface area (Å²) >= 11 is 5.66. The van der Waals surface area contributed by atoms with Gasteiger partial charge in [0.2, 0.25) is 10.0 Å². The SMILES string of the molecule is O=C(O)C(CCO)NS(=O)(=O)c1cccc(Cl)c1. The molecule has 6 nitrogen and oxygen atoms in total. The lowest BCUT2D eigenvalue weighted by molar-refractivity contribution is -0.139. The van der Waals surface area contributed by atoms with Gasteiger partial charge in [-0.25, -0.2) is 8.42 Å². The number of aliphatic hydroxyl groups is 1. The zero-order valence-electron chi connectivity index (χ0n) is 9.21. The third kappa shape index (κ3) is 3.95. The molecule has 0 radical (unpaired) electrons. The minimum absolute atomic E-state index is 0.126. The van der Waals surface area contributed by atoms with Crippen LogP contribution in [0.1, 0.15) is 6.42 Å². The molecule has 0 fully saturated rings. The molecular weight excluding hydrogens is 282 g/mol. The Kier molecular flexibility index (Phi) is 5.09. The maximum absolute atomic E-state index is 11.9. The standard InChI is InChI=1S/C10H12ClNO5S/c11-7-2-1-3-8(6-7)18(16,17)12-9(4-5-13)10(14)15/h1-3,6,9,12-13H,4-5H2,(H,14,15). The van der Waals surface area contributed by atoms with E-state index in [2.05, 4.69) is 0 Å². The highest BCUT2D eigenvalue weighted by Crippen LogP contribution is 2.15. The van der Waals surface area contributed by atoms with Crippen molar-refractivity contribution < 1.29 is 23.4 Å². The summed E-state index contributed by atoms with van der Waals surface area (Å²) < 4.78 is 25.7. The van der Waals surface area contributed by atoms with E-state index in [1.165, 1.54) is 24.3 Å². The van der Waals surface area contributed by atoms with Crippen LogP contribution in [-0.2, 0) is 14.8 Å². The van der Waals surface area contributed by atoms with E-state index in [1.54, 1.807) is 0 Å². The van der Waals surface area contributed by atoms with Gasteiger partial charge in [0.15, 0.2) is 0 Å². The van der Waals surface area contributed by atoms with Crippen molar-refractivity contribution >= 4 is 27.6 Å². The Morgan fingerprint density at radius 3 is 2.61 bits per heavy atom. The predicted octanol–water partition coefficient (Wildman–Crippen LogP) is 0.454. The molecule has 18 heavy (non-hydrogen) atoms. The summed E-state index contributed by atoms with van der Waals surface area (Å²) in [7, 11) is -3.98. The Hall–Kier alpha value is -1.15. The lowest BCUT2D eigenvalue weighted by Crippen LogP contribution is -2.41. The second-order valence-corrected chi connectivity index (χ2v) is 5.63. The molecule has 1 rings (SSSR count). The van der Waals surface area contributed by atoms with Crippen LogP contribution in [0.15, 0.2) is 29.2 Å². The maximum atomic E-state index is 11.9. The van der Waals surface area contributed by atoms with Crippen LogP contribution in [0.2, 0.25) is 5.02 Å². The summed E-state index contributed by atoms with van der Waals surface area (Å²) in [5, 5.41) is 17.7. The zero-order chi connectivity index (χ0) is 13.8. The van der Waals surface area contributed by atoms with Crippen LogP contribution in [0.4, 0.5) is 0 Å². The van der Waals surface area contributed by atoms with Gasteiger partial charge in [-0.2, -0.15) is 4.72 Å². The first-order valence-electron chi connectivity index (χ1n) is 4.98. The molecule has 0 aliphatic rings. The van der Waals surface area contributed by atoms with Gasteiger partial charge in [0.1, 0.15) is 6.04 Å². The van der Waals surface area contributed by atoms with Crippen molar-refractivity contribution in [2.24, 2.45) is 0 Å². The van der Waals surface area contributed by atoms with Crippen molar-refractivity contribution in [1.29, 1.82) is 0 Å². The fraction of sp³-hybridized carbons (Fsp3) is 0.300. The third-order valence-corrected chi connectivity index (χ3v) is 3.82. The normalized spacial score (nSPS) is 13.2. The second kappa shape index (κ2) is 6.14. The maximum Gasteiger partial charge on any atom is 0.321 e. The Balaban J connectivity index is 2.97. The highest BCUT2D eigenvalue weighted by atomic mass is 35.5. The molecule has 0 amide bonds. The monoisotopic (exact) mass is 293 g/mol. The van der Waals surface area contributed by atoms with Crippen molar-refractivity contribution in [1.82, 2.24) is 4.72 Å². The summed E-state index contributed by atoms with van der Waals surface area (Å²) in [4.78, 5) is 10.7. The zero-order valence-corrected chi connectivity index (χ0v) is 10.8. The molecule has 100 valence electrons. The van der Waals surface area contributed by atoms with Crippen LogP contribution < -0.4 is 4.72 Å². The number of carbonyl (C=O) groups is 1. The first-order chi connectivity index (χ1) is 8.36. The number of carboxylic acids is 1. The fourth-order valence-corrected chi connectivity index (χ4v) is 2.78. The molecule has 8 heteroatoms. The first-order valence-corrected chi connectivity index (χ1v) is 6.84. The molecule has 0 saturated heterocycles. The number of benzene rings is 1. The molecule has 0 spiro atoms. The topological polar surface area (TPSA) is 104 Å². The summed E-state index contributed by atoms with van der Waals surface area (Å²) in [6.07, 6.45) is -0.213. The van der Waals surface area contributed by atoms with Crippen LogP contribution in [0.5, 0.6) is 0 Å². The molecule has 0 aliphatic carbocycles. The van der Waals surface area contributed by atoms with Crippen molar-refractivity contribution in [3.05, 3.63) is 29.3 Å². The van der Waals surface area contributed by atoms with Gasteiger partial charge >= 0.3 is 5.97 Å². The number of carboxylic acid groups (broad SMARTS) is 1. The molecule has 0 heterocycles. The van der Waals surface area contributed by atoms with E-state index >= 15 is 0 Å². The Morgan fingerprint density at radius 2 is 2.11 bits per heavy atom. The lowest BCUT2D eigenvalue weighted by Gasteiger charge is -2.13. The highest BCUT2D eigenvalue weighted by Gasteiger charge is 2.24. The predicted molar refractivity (Wildman–Crippen MR) is 64.9 cm³/mol. The first kappa shape index (κ1) is 14.9. The number of aliphatic hydroxyl groups excluding tert-OH is 1. The van der Waals surface area contributed by atoms with E-state index in [1.807, 2.05) is 4.72 Å². The van der Waals surface area contributed by atoms with E-state index in [0.29, 0.717) is 0 Å². The number of aliphatic carboxylic acids is 1.